The summed E-state index contributed by atoms with van der Waals surface area (Å²) in [6, 6.07) is 0. The molecule has 0 spiro atoms. The van der Waals surface area contributed by atoms with Crippen LogP contribution in [0.15, 0.2) is 24.3 Å². The van der Waals surface area contributed by atoms with Gasteiger partial charge in [0.1, 0.15) is 19.3 Å². The van der Waals surface area contributed by atoms with E-state index in [1.807, 2.05) is 0 Å². The zero-order valence-corrected chi connectivity index (χ0v) is 63.1. The van der Waals surface area contributed by atoms with Crippen LogP contribution in [0.3, 0.4) is 0 Å². The average molecular weight is 1390 g/mol. The highest BCUT2D eigenvalue weighted by Crippen LogP contribution is 2.45. The van der Waals surface area contributed by atoms with Crippen molar-refractivity contribution in [2.24, 2.45) is 5.92 Å². The van der Waals surface area contributed by atoms with E-state index < -0.39 is 97.5 Å². The first-order valence-electron chi connectivity index (χ1n) is 39.0. The fourth-order valence-electron chi connectivity index (χ4n) is 11.2. The summed E-state index contributed by atoms with van der Waals surface area (Å²) in [7, 11) is -9.92. The molecule has 0 aliphatic heterocycles. The van der Waals surface area contributed by atoms with Crippen molar-refractivity contribution in [1.29, 1.82) is 0 Å². The van der Waals surface area contributed by atoms with Gasteiger partial charge in [-0.05, 0) is 57.3 Å². The van der Waals surface area contributed by atoms with E-state index in [2.05, 4.69) is 58.9 Å². The number of carbonyl (C=O) groups is 4. The number of rotatable bonds is 74. The zero-order valence-electron chi connectivity index (χ0n) is 61.3. The average Bonchev–Trinajstić information content (AvgIpc) is 1.84. The Bertz CT molecular complexity index is 1920. The second kappa shape index (κ2) is 68.7. The van der Waals surface area contributed by atoms with E-state index in [0.717, 1.165) is 109 Å². The first-order chi connectivity index (χ1) is 46.0. The van der Waals surface area contributed by atoms with Gasteiger partial charge in [0.05, 0.1) is 26.4 Å². The molecule has 0 radical (unpaired) electrons. The van der Waals surface area contributed by atoms with Crippen molar-refractivity contribution in [2.75, 3.05) is 39.6 Å². The number of hydrogen-bond donors (Lipinski definition) is 3. The standard InChI is InChI=1S/C76H144O17P2/c1-6-9-12-15-18-21-24-27-30-33-36-41-47-52-57-62-76(81)92-71(65-86-73(78)59-54-49-44-39-34-31-28-25-22-19-16-13-10-7-2)67-90-94(82,83)88-63-70(77)64-89-95(84,85)91-68-72(66-87-74(79)60-55-50-45-42-37-38-43-48-53-58-69(4)5)93-75(80)61-56-51-46-40-35-32-29-26-23-20-17-14-11-8-3/h21,24,27,30,69-72,77H,6-20,22-23,25-26,28-29,31-68H2,1-5H3,(H,82,83)(H,84,85)/b24-21-,30-27-/t70-,71-,72-/m1/s1. The van der Waals surface area contributed by atoms with Gasteiger partial charge in [0, 0.05) is 25.7 Å². The largest absolute Gasteiger partial charge is 0.472 e. The summed E-state index contributed by atoms with van der Waals surface area (Å²) in [5, 5.41) is 10.6. The molecule has 19 heteroatoms. The quantitative estimate of drug-likeness (QED) is 0.0169. The molecule has 0 fully saturated rings. The minimum Gasteiger partial charge on any atom is -0.462 e. The Labute approximate surface area is 580 Å². The number of esters is 4. The van der Waals surface area contributed by atoms with Gasteiger partial charge in [-0.3, -0.25) is 37.3 Å². The molecular weight excluding hydrogens is 1250 g/mol. The molecular formula is C76H144O17P2. The summed E-state index contributed by atoms with van der Waals surface area (Å²) in [5.41, 5.74) is 0. The maximum atomic E-state index is 13.1. The maximum absolute atomic E-state index is 13.1. The number of carbonyl (C=O) groups excluding carboxylic acids is 4. The van der Waals surface area contributed by atoms with E-state index in [-0.39, 0.29) is 25.7 Å². The summed E-state index contributed by atoms with van der Waals surface area (Å²) in [4.78, 5) is 72.8. The van der Waals surface area contributed by atoms with Crippen LogP contribution in [0.25, 0.3) is 0 Å². The first-order valence-corrected chi connectivity index (χ1v) is 41.9. The minimum absolute atomic E-state index is 0.0857. The van der Waals surface area contributed by atoms with E-state index in [0.29, 0.717) is 25.7 Å². The lowest BCUT2D eigenvalue weighted by Gasteiger charge is -2.21. The van der Waals surface area contributed by atoms with Crippen LogP contribution < -0.4 is 0 Å². The molecule has 0 aliphatic carbocycles. The Balaban J connectivity index is 5.30. The number of aliphatic hydroxyl groups is 1. The molecule has 0 heterocycles. The Hall–Kier alpha value is -2.46. The van der Waals surface area contributed by atoms with Crippen molar-refractivity contribution in [2.45, 2.75) is 393 Å². The van der Waals surface area contributed by atoms with Crippen LogP contribution in [-0.2, 0) is 65.4 Å². The summed E-state index contributed by atoms with van der Waals surface area (Å²) in [6.45, 7) is 7.21. The molecule has 3 N–H and O–H groups in total. The molecule has 5 atom stereocenters. The van der Waals surface area contributed by atoms with Crippen LogP contribution >= 0.6 is 15.6 Å². The molecule has 17 nitrogen and oxygen atoms in total. The fourth-order valence-corrected chi connectivity index (χ4v) is 12.7. The van der Waals surface area contributed by atoms with Crippen LogP contribution in [0.2, 0.25) is 0 Å². The Morgan fingerprint density at radius 3 is 0.863 bits per heavy atom. The molecule has 0 saturated carbocycles. The molecule has 0 aromatic rings. The molecule has 0 aromatic carbocycles. The number of allylic oxidation sites excluding steroid dienone is 4. The zero-order chi connectivity index (χ0) is 69.8. The first kappa shape index (κ1) is 92.5. The third kappa shape index (κ3) is 69.8. The summed E-state index contributed by atoms with van der Waals surface area (Å²) < 4.78 is 68.5. The molecule has 560 valence electrons. The maximum Gasteiger partial charge on any atom is 0.472 e. The molecule has 0 rings (SSSR count). The third-order valence-corrected chi connectivity index (χ3v) is 19.1. The van der Waals surface area contributed by atoms with Gasteiger partial charge in [0.15, 0.2) is 12.2 Å². The molecule has 0 aliphatic rings. The van der Waals surface area contributed by atoms with Crippen molar-refractivity contribution in [3.05, 3.63) is 24.3 Å². The van der Waals surface area contributed by atoms with Crippen molar-refractivity contribution in [3.8, 4) is 0 Å². The molecule has 95 heavy (non-hydrogen) atoms. The highest BCUT2D eigenvalue weighted by atomic mass is 31.2. The third-order valence-electron chi connectivity index (χ3n) is 17.2. The molecule has 0 bridgehead atoms. The lowest BCUT2D eigenvalue weighted by molar-refractivity contribution is -0.161. The molecule has 2 unspecified atom stereocenters. The van der Waals surface area contributed by atoms with Crippen LogP contribution in [0.4, 0.5) is 0 Å². The fraction of sp³-hybridized carbons (Fsp3) is 0.895. The summed E-state index contributed by atoms with van der Waals surface area (Å²) in [6.07, 6.45) is 60.3. The number of phosphoric acid groups is 2. The van der Waals surface area contributed by atoms with Crippen LogP contribution in [0.5, 0.6) is 0 Å². The normalized spacial score (nSPS) is 14.1. The van der Waals surface area contributed by atoms with Crippen molar-refractivity contribution in [3.63, 3.8) is 0 Å². The monoisotopic (exact) mass is 1390 g/mol. The van der Waals surface area contributed by atoms with Gasteiger partial charge < -0.3 is 33.8 Å². The SMILES string of the molecule is CCCCCC/C=C\C=C/CCCCCCCC(=O)O[C@H](COC(=O)CCCCCCCCCCCCCCCC)COP(=O)(O)OC[C@@H](O)COP(=O)(O)OC[C@@H](COC(=O)CCCCCCCCCCCC(C)C)OC(=O)CCCCCCCCCCCCCCCC. The van der Waals surface area contributed by atoms with Gasteiger partial charge >= 0.3 is 39.5 Å². The number of aliphatic hydroxyl groups excluding tert-OH is 1. The topological polar surface area (TPSA) is 237 Å². The van der Waals surface area contributed by atoms with Crippen LogP contribution in [-0.4, -0.2) is 96.7 Å². The van der Waals surface area contributed by atoms with E-state index in [1.54, 1.807) is 0 Å². The lowest BCUT2D eigenvalue weighted by Crippen LogP contribution is -2.30. The minimum atomic E-state index is -4.96. The molecule has 0 saturated heterocycles. The van der Waals surface area contributed by atoms with Crippen LogP contribution in [0, 0.1) is 5.92 Å². The lowest BCUT2D eigenvalue weighted by atomic mass is 10.0. The van der Waals surface area contributed by atoms with Crippen LogP contribution in [0.1, 0.15) is 375 Å². The number of phosphoric ester groups is 2. The Morgan fingerprint density at radius 2 is 0.568 bits per heavy atom. The van der Waals surface area contributed by atoms with E-state index >= 15 is 0 Å². The highest BCUT2D eigenvalue weighted by molar-refractivity contribution is 7.47. The van der Waals surface area contributed by atoms with Gasteiger partial charge in [-0.15, -0.1) is 0 Å². The van der Waals surface area contributed by atoms with Gasteiger partial charge in [0.25, 0.3) is 0 Å². The van der Waals surface area contributed by atoms with Gasteiger partial charge in [0.2, 0.25) is 0 Å². The number of unbranched alkanes of at least 4 members (excludes halogenated alkanes) is 43. The smallest absolute Gasteiger partial charge is 0.462 e. The molecule has 0 aromatic heterocycles. The van der Waals surface area contributed by atoms with Crippen molar-refractivity contribution < 1.29 is 80.2 Å². The van der Waals surface area contributed by atoms with Crippen molar-refractivity contribution >= 4 is 39.5 Å². The number of hydrogen-bond acceptors (Lipinski definition) is 15. The van der Waals surface area contributed by atoms with E-state index in [1.165, 1.54) is 186 Å². The predicted octanol–water partition coefficient (Wildman–Crippen LogP) is 22.0. The predicted molar refractivity (Wildman–Crippen MR) is 386 cm³/mol. The van der Waals surface area contributed by atoms with Gasteiger partial charge in [-0.25, -0.2) is 9.13 Å². The highest BCUT2D eigenvalue weighted by Gasteiger charge is 2.30. The van der Waals surface area contributed by atoms with E-state index in [9.17, 15) is 43.2 Å². The Morgan fingerprint density at radius 1 is 0.326 bits per heavy atom. The Kier molecular flexibility index (Phi) is 66.9. The van der Waals surface area contributed by atoms with Gasteiger partial charge in [-0.1, -0.05) is 322 Å². The van der Waals surface area contributed by atoms with Crippen molar-refractivity contribution in [1.82, 2.24) is 0 Å². The second-order valence-corrected chi connectivity index (χ2v) is 30.1. The summed E-state index contributed by atoms with van der Waals surface area (Å²) in [5.74, 6) is -1.40. The van der Waals surface area contributed by atoms with E-state index in [4.69, 9.17) is 37.0 Å². The van der Waals surface area contributed by atoms with Gasteiger partial charge in [-0.2, -0.15) is 0 Å². The second-order valence-electron chi connectivity index (χ2n) is 27.2. The summed E-state index contributed by atoms with van der Waals surface area (Å²) >= 11 is 0. The number of ether oxygens (including phenoxy) is 4. The molecule has 0 amide bonds.